The second kappa shape index (κ2) is 7.84. The summed E-state index contributed by atoms with van der Waals surface area (Å²) in [6.45, 7) is 3.25. The second-order valence-electron chi connectivity index (χ2n) is 5.82. The zero-order valence-electron chi connectivity index (χ0n) is 12.4. The number of amides is 2. The summed E-state index contributed by atoms with van der Waals surface area (Å²) in [6, 6.07) is 0.647. The third-order valence-corrected chi connectivity index (χ3v) is 4.37. The molecule has 2 amide bonds. The topological polar surface area (TPSA) is 61.4 Å². The van der Waals surface area contributed by atoms with E-state index in [0.717, 1.165) is 12.8 Å². The summed E-state index contributed by atoms with van der Waals surface area (Å²) in [6.07, 6.45) is 5.03. The average molecular weight is 304 g/mol. The number of halogens is 1. The van der Waals surface area contributed by atoms with Gasteiger partial charge in [0.25, 0.3) is 0 Å². The molecule has 2 atom stereocenters. The molecule has 5 nitrogen and oxygen atoms in total. The lowest BCUT2D eigenvalue weighted by Crippen LogP contribution is -2.41. The first-order chi connectivity index (χ1) is 9.11. The Labute approximate surface area is 127 Å². The molecular formula is C14H26ClN3O2. The molecule has 0 aromatic carbocycles. The Morgan fingerprint density at radius 3 is 2.65 bits per heavy atom. The van der Waals surface area contributed by atoms with Crippen LogP contribution in [-0.4, -0.2) is 48.9 Å². The summed E-state index contributed by atoms with van der Waals surface area (Å²) in [5.41, 5.74) is 0. The normalized spacial score (nSPS) is 24.6. The molecule has 2 N–H and O–H groups in total. The van der Waals surface area contributed by atoms with Crippen molar-refractivity contribution in [2.45, 2.75) is 51.1 Å². The predicted octanol–water partition coefficient (Wildman–Crippen LogP) is 0.923. The van der Waals surface area contributed by atoms with E-state index >= 15 is 0 Å². The van der Waals surface area contributed by atoms with Crippen LogP contribution in [-0.2, 0) is 9.59 Å². The SMILES string of the molecule is CNC(C)CNC(=O)C1CC(=O)N(C2CCCC2)C1.Cl. The van der Waals surface area contributed by atoms with E-state index in [1.807, 2.05) is 18.9 Å². The number of rotatable bonds is 5. The van der Waals surface area contributed by atoms with Gasteiger partial charge >= 0.3 is 0 Å². The van der Waals surface area contributed by atoms with Crippen molar-refractivity contribution in [3.05, 3.63) is 0 Å². The summed E-state index contributed by atoms with van der Waals surface area (Å²) < 4.78 is 0. The molecule has 0 aromatic heterocycles. The Hall–Kier alpha value is -0.810. The maximum atomic E-state index is 12.1. The number of hydrogen-bond donors (Lipinski definition) is 2. The average Bonchev–Trinajstić information content (AvgIpc) is 3.04. The number of nitrogens with zero attached hydrogens (tertiary/aromatic N) is 1. The van der Waals surface area contributed by atoms with Crippen LogP contribution in [0.25, 0.3) is 0 Å². The number of likely N-dealkylation sites (N-methyl/N-ethyl adjacent to an activating group) is 1. The minimum atomic E-state index is -0.155. The molecule has 0 aromatic rings. The minimum absolute atomic E-state index is 0. The molecule has 6 heteroatoms. The third-order valence-electron chi connectivity index (χ3n) is 4.37. The Morgan fingerprint density at radius 1 is 1.40 bits per heavy atom. The molecule has 1 saturated carbocycles. The third kappa shape index (κ3) is 4.09. The van der Waals surface area contributed by atoms with Gasteiger partial charge in [0.15, 0.2) is 0 Å². The number of carbonyl (C=O) groups is 2. The molecule has 20 heavy (non-hydrogen) atoms. The van der Waals surface area contributed by atoms with Crippen LogP contribution in [0, 0.1) is 5.92 Å². The van der Waals surface area contributed by atoms with Crippen LogP contribution in [0.15, 0.2) is 0 Å². The standard InChI is InChI=1S/C14H25N3O2.ClH/c1-10(15-2)8-16-14(19)11-7-13(18)17(9-11)12-5-3-4-6-12;/h10-12,15H,3-9H2,1-2H3,(H,16,19);1H. The van der Waals surface area contributed by atoms with Gasteiger partial charge in [0.1, 0.15) is 0 Å². The maximum Gasteiger partial charge on any atom is 0.225 e. The fourth-order valence-electron chi connectivity index (χ4n) is 2.98. The van der Waals surface area contributed by atoms with E-state index in [0.29, 0.717) is 25.6 Å². The molecule has 1 aliphatic heterocycles. The highest BCUT2D eigenvalue weighted by atomic mass is 35.5. The van der Waals surface area contributed by atoms with Gasteiger partial charge < -0.3 is 15.5 Å². The molecule has 0 spiro atoms. The lowest BCUT2D eigenvalue weighted by molar-refractivity contribution is -0.130. The molecule has 1 aliphatic carbocycles. The van der Waals surface area contributed by atoms with E-state index in [2.05, 4.69) is 10.6 Å². The highest BCUT2D eigenvalue weighted by Gasteiger charge is 2.38. The van der Waals surface area contributed by atoms with E-state index in [-0.39, 0.29) is 36.2 Å². The van der Waals surface area contributed by atoms with Crippen molar-refractivity contribution in [3.63, 3.8) is 0 Å². The van der Waals surface area contributed by atoms with Crippen molar-refractivity contribution >= 4 is 24.2 Å². The molecule has 1 saturated heterocycles. The Kier molecular flexibility index (Phi) is 6.76. The summed E-state index contributed by atoms with van der Waals surface area (Å²) in [4.78, 5) is 26.0. The van der Waals surface area contributed by atoms with Gasteiger partial charge in [0.2, 0.25) is 11.8 Å². The largest absolute Gasteiger partial charge is 0.354 e. The number of likely N-dealkylation sites (tertiary alicyclic amines) is 1. The van der Waals surface area contributed by atoms with Crippen LogP contribution in [0.5, 0.6) is 0 Å². The van der Waals surface area contributed by atoms with Crippen LogP contribution in [0.3, 0.4) is 0 Å². The number of hydrogen-bond acceptors (Lipinski definition) is 3. The fourth-order valence-corrected chi connectivity index (χ4v) is 2.98. The Balaban J connectivity index is 0.00000200. The zero-order valence-corrected chi connectivity index (χ0v) is 13.2. The van der Waals surface area contributed by atoms with Crippen molar-refractivity contribution < 1.29 is 9.59 Å². The van der Waals surface area contributed by atoms with Crippen LogP contribution in [0.2, 0.25) is 0 Å². The van der Waals surface area contributed by atoms with Crippen molar-refractivity contribution in [3.8, 4) is 0 Å². The molecule has 2 unspecified atom stereocenters. The van der Waals surface area contributed by atoms with E-state index < -0.39 is 0 Å². The van der Waals surface area contributed by atoms with Crippen LogP contribution < -0.4 is 10.6 Å². The zero-order chi connectivity index (χ0) is 13.8. The quantitative estimate of drug-likeness (QED) is 0.794. The second-order valence-corrected chi connectivity index (χ2v) is 5.82. The number of carbonyl (C=O) groups excluding carboxylic acids is 2. The first-order valence-electron chi connectivity index (χ1n) is 7.36. The summed E-state index contributed by atoms with van der Waals surface area (Å²) in [5, 5.41) is 6.01. The number of nitrogens with one attached hydrogen (secondary N) is 2. The fraction of sp³-hybridized carbons (Fsp3) is 0.857. The van der Waals surface area contributed by atoms with Gasteiger partial charge in [-0.05, 0) is 26.8 Å². The van der Waals surface area contributed by atoms with E-state index in [1.165, 1.54) is 12.8 Å². The first kappa shape index (κ1) is 17.2. The van der Waals surface area contributed by atoms with Crippen LogP contribution >= 0.6 is 12.4 Å². The van der Waals surface area contributed by atoms with Crippen molar-refractivity contribution in [1.82, 2.24) is 15.5 Å². The van der Waals surface area contributed by atoms with Gasteiger partial charge in [0, 0.05) is 31.6 Å². The molecule has 0 radical (unpaired) electrons. The lowest BCUT2D eigenvalue weighted by Gasteiger charge is -2.24. The monoisotopic (exact) mass is 303 g/mol. The van der Waals surface area contributed by atoms with Gasteiger partial charge in [-0.2, -0.15) is 0 Å². The van der Waals surface area contributed by atoms with Gasteiger partial charge in [-0.1, -0.05) is 12.8 Å². The van der Waals surface area contributed by atoms with E-state index in [1.54, 1.807) is 0 Å². The lowest BCUT2D eigenvalue weighted by atomic mass is 10.1. The van der Waals surface area contributed by atoms with Gasteiger partial charge in [0.05, 0.1) is 5.92 Å². The minimum Gasteiger partial charge on any atom is -0.354 e. The highest BCUT2D eigenvalue weighted by Crippen LogP contribution is 2.29. The maximum absolute atomic E-state index is 12.1. The smallest absolute Gasteiger partial charge is 0.225 e. The molecule has 2 fully saturated rings. The van der Waals surface area contributed by atoms with Crippen molar-refractivity contribution in [2.24, 2.45) is 5.92 Å². The van der Waals surface area contributed by atoms with E-state index in [9.17, 15) is 9.59 Å². The van der Waals surface area contributed by atoms with E-state index in [4.69, 9.17) is 0 Å². The Bertz CT molecular complexity index is 345. The summed E-state index contributed by atoms with van der Waals surface area (Å²) >= 11 is 0. The molecule has 1 heterocycles. The molecule has 2 rings (SSSR count). The molecule has 0 bridgehead atoms. The van der Waals surface area contributed by atoms with Gasteiger partial charge in [-0.15, -0.1) is 12.4 Å². The van der Waals surface area contributed by atoms with Crippen LogP contribution in [0.4, 0.5) is 0 Å². The van der Waals surface area contributed by atoms with Crippen molar-refractivity contribution in [1.29, 1.82) is 0 Å². The predicted molar refractivity (Wildman–Crippen MR) is 80.9 cm³/mol. The highest BCUT2D eigenvalue weighted by molar-refractivity contribution is 5.89. The first-order valence-corrected chi connectivity index (χ1v) is 7.36. The van der Waals surface area contributed by atoms with Gasteiger partial charge in [-0.25, -0.2) is 0 Å². The molecular weight excluding hydrogens is 278 g/mol. The van der Waals surface area contributed by atoms with Crippen LogP contribution in [0.1, 0.15) is 39.0 Å². The van der Waals surface area contributed by atoms with Gasteiger partial charge in [-0.3, -0.25) is 9.59 Å². The molecule has 2 aliphatic rings. The molecule has 116 valence electrons. The van der Waals surface area contributed by atoms with Crippen molar-refractivity contribution in [2.75, 3.05) is 20.1 Å². The Morgan fingerprint density at radius 2 is 2.05 bits per heavy atom. The summed E-state index contributed by atoms with van der Waals surface area (Å²) in [5.74, 6) is 0.0295. The summed E-state index contributed by atoms with van der Waals surface area (Å²) in [7, 11) is 1.87.